The zero-order chi connectivity index (χ0) is 14.8. The molecule has 2 aromatic carbocycles. The zero-order valence-electron chi connectivity index (χ0n) is 12.3. The highest BCUT2D eigenvalue weighted by molar-refractivity contribution is 5.32. The Hall–Kier alpha value is -1.87. The van der Waals surface area contributed by atoms with Crippen molar-refractivity contribution < 1.29 is 9.13 Å². The van der Waals surface area contributed by atoms with Crippen molar-refractivity contribution in [3.8, 4) is 5.75 Å². The quantitative estimate of drug-likeness (QED) is 0.895. The lowest BCUT2D eigenvalue weighted by Gasteiger charge is -2.16. The number of halogens is 1. The summed E-state index contributed by atoms with van der Waals surface area (Å²) < 4.78 is 19.1. The van der Waals surface area contributed by atoms with Crippen molar-refractivity contribution >= 4 is 0 Å². The van der Waals surface area contributed by atoms with Crippen LogP contribution in [0.4, 0.5) is 4.39 Å². The molecule has 0 saturated heterocycles. The predicted octanol–water partition coefficient (Wildman–Crippen LogP) is 4.04. The third kappa shape index (κ3) is 3.08. The molecular formula is C18H20FNO. The van der Waals surface area contributed by atoms with Crippen LogP contribution in [0.1, 0.15) is 36.4 Å². The van der Waals surface area contributed by atoms with E-state index in [0.29, 0.717) is 23.3 Å². The molecule has 0 amide bonds. The van der Waals surface area contributed by atoms with Gasteiger partial charge < -0.3 is 10.1 Å². The van der Waals surface area contributed by atoms with Crippen LogP contribution >= 0.6 is 0 Å². The van der Waals surface area contributed by atoms with Gasteiger partial charge in [0.05, 0.1) is 7.11 Å². The molecule has 0 radical (unpaired) electrons. The third-order valence-corrected chi connectivity index (χ3v) is 4.16. The molecule has 0 aliphatic heterocycles. The number of hydrogen-bond donors (Lipinski definition) is 1. The minimum Gasteiger partial charge on any atom is -0.497 e. The molecule has 3 rings (SSSR count). The molecule has 3 heteroatoms. The number of rotatable bonds is 5. The summed E-state index contributed by atoms with van der Waals surface area (Å²) in [6.45, 7) is 2.01. The molecule has 1 aliphatic carbocycles. The van der Waals surface area contributed by atoms with Crippen LogP contribution < -0.4 is 10.1 Å². The fraction of sp³-hybridized carbons (Fsp3) is 0.333. The molecule has 21 heavy (non-hydrogen) atoms. The van der Waals surface area contributed by atoms with E-state index in [2.05, 4.69) is 29.6 Å². The van der Waals surface area contributed by atoms with Crippen molar-refractivity contribution in [1.29, 1.82) is 0 Å². The molecule has 3 atom stereocenters. The van der Waals surface area contributed by atoms with Crippen molar-refractivity contribution in [2.24, 2.45) is 0 Å². The molecule has 3 unspecified atom stereocenters. The highest BCUT2D eigenvalue weighted by Gasteiger charge is 2.39. The van der Waals surface area contributed by atoms with Crippen LogP contribution in [0.2, 0.25) is 0 Å². The average molecular weight is 285 g/mol. The molecule has 0 spiro atoms. The molecule has 1 fully saturated rings. The summed E-state index contributed by atoms with van der Waals surface area (Å²) in [5.74, 6) is 0.887. The first-order chi connectivity index (χ1) is 10.2. The summed E-state index contributed by atoms with van der Waals surface area (Å²) in [6, 6.07) is 16.0. The summed E-state index contributed by atoms with van der Waals surface area (Å²) in [6.07, 6.45) is 1.12. The maximum atomic E-state index is 14.1. The van der Waals surface area contributed by atoms with Crippen molar-refractivity contribution in [1.82, 2.24) is 5.32 Å². The largest absolute Gasteiger partial charge is 0.497 e. The summed E-state index contributed by atoms with van der Waals surface area (Å²) in [5.41, 5.74) is 2.05. The molecule has 0 heterocycles. The first kappa shape index (κ1) is 14.1. The summed E-state index contributed by atoms with van der Waals surface area (Å²) in [7, 11) is 1.55. The summed E-state index contributed by atoms with van der Waals surface area (Å²) in [5, 5.41) is 3.52. The third-order valence-electron chi connectivity index (χ3n) is 4.16. The lowest BCUT2D eigenvalue weighted by Crippen LogP contribution is -2.23. The SMILES string of the molecule is COc1ccc(C(C)NC2CC2c2ccccc2)c(F)c1. The second-order valence-corrected chi connectivity index (χ2v) is 5.64. The maximum Gasteiger partial charge on any atom is 0.131 e. The van der Waals surface area contributed by atoms with Gasteiger partial charge in [0.2, 0.25) is 0 Å². The van der Waals surface area contributed by atoms with E-state index in [1.165, 1.54) is 11.6 Å². The van der Waals surface area contributed by atoms with Gasteiger partial charge in [-0.1, -0.05) is 36.4 Å². The van der Waals surface area contributed by atoms with Gasteiger partial charge in [-0.05, 0) is 25.0 Å². The van der Waals surface area contributed by atoms with Gasteiger partial charge in [-0.2, -0.15) is 0 Å². The standard InChI is InChI=1S/C18H20FNO/c1-12(15-9-8-14(21-2)10-17(15)19)20-18-11-16(18)13-6-4-3-5-7-13/h3-10,12,16,18,20H,11H2,1-2H3. The van der Waals surface area contributed by atoms with Crippen molar-refractivity contribution in [2.75, 3.05) is 7.11 Å². The van der Waals surface area contributed by atoms with Crippen molar-refractivity contribution in [3.05, 3.63) is 65.5 Å². The lowest BCUT2D eigenvalue weighted by molar-refractivity contribution is 0.409. The fourth-order valence-electron chi connectivity index (χ4n) is 2.84. The molecule has 110 valence electrons. The number of methoxy groups -OCH3 is 1. The summed E-state index contributed by atoms with van der Waals surface area (Å²) >= 11 is 0. The molecule has 1 saturated carbocycles. The average Bonchev–Trinajstić information content (AvgIpc) is 3.27. The van der Waals surface area contributed by atoms with Gasteiger partial charge in [-0.3, -0.25) is 0 Å². The second-order valence-electron chi connectivity index (χ2n) is 5.64. The molecule has 0 aromatic heterocycles. The van der Waals surface area contributed by atoms with Gasteiger partial charge in [0.25, 0.3) is 0 Å². The van der Waals surface area contributed by atoms with E-state index in [1.807, 2.05) is 13.0 Å². The van der Waals surface area contributed by atoms with Gasteiger partial charge in [0.1, 0.15) is 11.6 Å². The van der Waals surface area contributed by atoms with E-state index in [0.717, 1.165) is 6.42 Å². The minimum atomic E-state index is -0.216. The van der Waals surface area contributed by atoms with E-state index in [9.17, 15) is 4.39 Å². The molecule has 1 aliphatic rings. The van der Waals surface area contributed by atoms with Crippen LogP contribution in [0.15, 0.2) is 48.5 Å². The Bertz CT molecular complexity index is 614. The van der Waals surface area contributed by atoms with Crippen LogP contribution in [0.5, 0.6) is 5.75 Å². The monoisotopic (exact) mass is 285 g/mol. The van der Waals surface area contributed by atoms with Crippen LogP contribution in [0, 0.1) is 5.82 Å². The van der Waals surface area contributed by atoms with Crippen molar-refractivity contribution in [3.63, 3.8) is 0 Å². The zero-order valence-corrected chi connectivity index (χ0v) is 12.3. The van der Waals surface area contributed by atoms with Gasteiger partial charge in [0.15, 0.2) is 0 Å². The highest BCUT2D eigenvalue weighted by Crippen LogP contribution is 2.42. The van der Waals surface area contributed by atoms with E-state index in [4.69, 9.17) is 4.74 Å². The molecule has 2 aromatic rings. The van der Waals surface area contributed by atoms with Gasteiger partial charge in [-0.15, -0.1) is 0 Å². The smallest absolute Gasteiger partial charge is 0.131 e. The minimum absolute atomic E-state index is 0.00498. The Morgan fingerprint density at radius 3 is 2.62 bits per heavy atom. The topological polar surface area (TPSA) is 21.3 Å². The van der Waals surface area contributed by atoms with E-state index < -0.39 is 0 Å². The normalized spacial score (nSPS) is 21.9. The van der Waals surface area contributed by atoms with Gasteiger partial charge in [0, 0.05) is 29.6 Å². The predicted molar refractivity (Wildman–Crippen MR) is 82.1 cm³/mol. The first-order valence-corrected chi connectivity index (χ1v) is 7.33. The molecule has 0 bridgehead atoms. The van der Waals surface area contributed by atoms with Crippen LogP contribution in [-0.2, 0) is 0 Å². The molecule has 2 nitrogen and oxygen atoms in total. The number of benzene rings is 2. The molecular weight excluding hydrogens is 265 g/mol. The second kappa shape index (κ2) is 5.86. The highest BCUT2D eigenvalue weighted by atomic mass is 19.1. The van der Waals surface area contributed by atoms with E-state index in [1.54, 1.807) is 19.2 Å². The Balaban J connectivity index is 1.64. The van der Waals surface area contributed by atoms with Gasteiger partial charge in [-0.25, -0.2) is 4.39 Å². The number of ether oxygens (including phenoxy) is 1. The summed E-state index contributed by atoms with van der Waals surface area (Å²) in [4.78, 5) is 0. The molecule has 1 N–H and O–H groups in total. The fourth-order valence-corrected chi connectivity index (χ4v) is 2.84. The van der Waals surface area contributed by atoms with Crippen LogP contribution in [0.3, 0.4) is 0 Å². The van der Waals surface area contributed by atoms with Crippen molar-refractivity contribution in [2.45, 2.75) is 31.3 Å². The maximum absolute atomic E-state index is 14.1. The Kier molecular flexibility index (Phi) is 3.93. The van der Waals surface area contributed by atoms with Crippen LogP contribution in [-0.4, -0.2) is 13.2 Å². The van der Waals surface area contributed by atoms with Crippen LogP contribution in [0.25, 0.3) is 0 Å². The number of nitrogens with one attached hydrogen (secondary N) is 1. The first-order valence-electron chi connectivity index (χ1n) is 7.33. The Morgan fingerprint density at radius 2 is 1.95 bits per heavy atom. The lowest BCUT2D eigenvalue weighted by atomic mass is 10.1. The van der Waals surface area contributed by atoms with Gasteiger partial charge >= 0.3 is 0 Å². The Labute approximate surface area is 125 Å². The number of hydrogen-bond acceptors (Lipinski definition) is 2. The Morgan fingerprint density at radius 1 is 1.19 bits per heavy atom. The van der Waals surface area contributed by atoms with E-state index >= 15 is 0 Å². The van der Waals surface area contributed by atoms with E-state index in [-0.39, 0.29) is 11.9 Å².